The van der Waals surface area contributed by atoms with Crippen molar-refractivity contribution in [2.75, 3.05) is 16.2 Å². The lowest BCUT2D eigenvalue weighted by Gasteiger charge is -2.30. The van der Waals surface area contributed by atoms with Gasteiger partial charge in [0.15, 0.2) is 0 Å². The van der Waals surface area contributed by atoms with E-state index < -0.39 is 33.2 Å². The van der Waals surface area contributed by atoms with Crippen molar-refractivity contribution in [3.05, 3.63) is 53.3 Å². The molecule has 0 atom stereocenters. The van der Waals surface area contributed by atoms with Gasteiger partial charge in [0.2, 0.25) is 5.91 Å². The molecule has 0 aliphatic carbocycles. The number of anilines is 2. The lowest BCUT2D eigenvalue weighted by molar-refractivity contribution is -0.115. The van der Waals surface area contributed by atoms with E-state index in [9.17, 15) is 17.6 Å². The molecule has 5 nitrogen and oxygen atoms in total. The Labute approximate surface area is 131 Å². The Morgan fingerprint density at radius 2 is 1.91 bits per heavy atom. The Balaban J connectivity index is 2.15. The molecule has 114 valence electrons. The summed E-state index contributed by atoms with van der Waals surface area (Å²) in [5.74, 6) is -1.45. The maximum Gasteiger partial charge on any atom is 0.267 e. The zero-order chi connectivity index (χ0) is 15.9. The minimum atomic E-state index is -4.22. The molecule has 1 N–H and O–H groups in total. The summed E-state index contributed by atoms with van der Waals surface area (Å²) in [5, 5.41) is 2.67. The van der Waals surface area contributed by atoms with E-state index in [1.807, 2.05) is 0 Å². The number of hydrogen-bond acceptors (Lipinski definition) is 3. The molecule has 2 aromatic carbocycles. The van der Waals surface area contributed by atoms with Crippen molar-refractivity contribution in [3.63, 3.8) is 0 Å². The van der Waals surface area contributed by atoms with E-state index in [-0.39, 0.29) is 10.7 Å². The van der Waals surface area contributed by atoms with E-state index in [0.29, 0.717) is 5.69 Å². The largest absolute Gasteiger partial charge is 0.323 e. The van der Waals surface area contributed by atoms with Crippen molar-refractivity contribution < 1.29 is 17.6 Å². The second kappa shape index (κ2) is 5.26. The van der Waals surface area contributed by atoms with Gasteiger partial charge in [-0.1, -0.05) is 23.7 Å². The van der Waals surface area contributed by atoms with Gasteiger partial charge >= 0.3 is 0 Å². The van der Waals surface area contributed by atoms with Gasteiger partial charge in [-0.25, -0.2) is 12.8 Å². The molecule has 0 radical (unpaired) electrons. The Morgan fingerprint density at radius 3 is 2.64 bits per heavy atom. The zero-order valence-electron chi connectivity index (χ0n) is 11.1. The van der Waals surface area contributed by atoms with Crippen molar-refractivity contribution in [1.82, 2.24) is 0 Å². The van der Waals surface area contributed by atoms with Gasteiger partial charge < -0.3 is 5.32 Å². The minimum absolute atomic E-state index is 0.0910. The van der Waals surface area contributed by atoms with Crippen LogP contribution in [0.3, 0.4) is 0 Å². The van der Waals surface area contributed by atoms with E-state index in [4.69, 9.17) is 11.6 Å². The number of nitrogens with zero attached hydrogens (tertiary/aromatic N) is 1. The number of nitrogens with one attached hydrogen (secondary N) is 1. The number of para-hydroxylation sites is 2. The molecule has 0 fully saturated rings. The van der Waals surface area contributed by atoms with Crippen LogP contribution in [0.1, 0.15) is 0 Å². The first-order valence-corrected chi connectivity index (χ1v) is 8.08. The van der Waals surface area contributed by atoms with Crippen LogP contribution in [0.4, 0.5) is 15.8 Å². The first kappa shape index (κ1) is 14.8. The highest BCUT2D eigenvalue weighted by Crippen LogP contribution is 2.34. The summed E-state index contributed by atoms with van der Waals surface area (Å²) in [6, 6.07) is 9.71. The van der Waals surface area contributed by atoms with Gasteiger partial charge in [-0.3, -0.25) is 9.10 Å². The number of sulfonamides is 1. The van der Waals surface area contributed by atoms with E-state index >= 15 is 0 Å². The normalized spacial score (nSPS) is 14.5. The summed E-state index contributed by atoms with van der Waals surface area (Å²) in [7, 11) is -4.22. The third kappa shape index (κ3) is 2.42. The monoisotopic (exact) mass is 340 g/mol. The molecule has 2 aromatic rings. The fourth-order valence-electron chi connectivity index (χ4n) is 2.22. The first-order valence-electron chi connectivity index (χ1n) is 6.26. The van der Waals surface area contributed by atoms with Crippen molar-refractivity contribution >= 4 is 38.9 Å². The van der Waals surface area contributed by atoms with Crippen molar-refractivity contribution in [2.45, 2.75) is 4.90 Å². The molecule has 1 aliphatic heterocycles. The average Bonchev–Trinajstić information content (AvgIpc) is 2.45. The van der Waals surface area contributed by atoms with Crippen LogP contribution in [0.25, 0.3) is 0 Å². The summed E-state index contributed by atoms with van der Waals surface area (Å²) in [5.41, 5.74) is 0.646. The Kier molecular flexibility index (Phi) is 3.54. The summed E-state index contributed by atoms with van der Waals surface area (Å²) in [4.78, 5) is 11.2. The van der Waals surface area contributed by atoms with Crippen molar-refractivity contribution in [1.29, 1.82) is 0 Å². The van der Waals surface area contributed by atoms with Gasteiger partial charge in [0, 0.05) is 5.02 Å². The third-order valence-electron chi connectivity index (χ3n) is 3.20. The summed E-state index contributed by atoms with van der Waals surface area (Å²) >= 11 is 5.64. The quantitative estimate of drug-likeness (QED) is 0.914. The van der Waals surface area contributed by atoms with E-state index in [1.165, 1.54) is 6.07 Å². The molecule has 0 bridgehead atoms. The lowest BCUT2D eigenvalue weighted by atomic mass is 10.2. The second-order valence-electron chi connectivity index (χ2n) is 4.65. The molecule has 0 aromatic heterocycles. The molecule has 0 saturated carbocycles. The number of amides is 1. The topological polar surface area (TPSA) is 66.5 Å². The fraction of sp³-hybridized carbons (Fsp3) is 0.0714. The van der Waals surface area contributed by atoms with E-state index in [1.54, 1.807) is 24.3 Å². The van der Waals surface area contributed by atoms with Crippen LogP contribution in [0.15, 0.2) is 47.4 Å². The average molecular weight is 341 g/mol. The van der Waals surface area contributed by atoms with Crippen molar-refractivity contribution in [3.8, 4) is 0 Å². The second-order valence-corrected chi connectivity index (χ2v) is 6.92. The molecule has 1 aliphatic rings. The maximum absolute atomic E-state index is 14.0. The molecular weight excluding hydrogens is 331 g/mol. The summed E-state index contributed by atoms with van der Waals surface area (Å²) in [6.45, 7) is -0.415. The minimum Gasteiger partial charge on any atom is -0.323 e. The molecule has 1 heterocycles. The summed E-state index contributed by atoms with van der Waals surface area (Å²) < 4.78 is 40.2. The third-order valence-corrected chi connectivity index (χ3v) is 5.22. The number of benzene rings is 2. The Bertz CT molecular complexity index is 870. The zero-order valence-corrected chi connectivity index (χ0v) is 12.7. The van der Waals surface area contributed by atoms with Gasteiger partial charge in [-0.2, -0.15) is 0 Å². The van der Waals surface area contributed by atoms with Gasteiger partial charge in [0.05, 0.1) is 11.4 Å². The molecule has 3 rings (SSSR count). The number of halogens is 2. The Hall–Kier alpha value is -2.12. The lowest BCUT2D eigenvalue weighted by Crippen LogP contribution is -2.42. The first-order chi connectivity index (χ1) is 10.4. The van der Waals surface area contributed by atoms with E-state index in [2.05, 4.69) is 5.32 Å². The molecule has 1 amide bonds. The fourth-order valence-corrected chi connectivity index (χ4v) is 3.87. The van der Waals surface area contributed by atoms with E-state index in [0.717, 1.165) is 16.4 Å². The molecule has 8 heteroatoms. The maximum atomic E-state index is 14.0. The van der Waals surface area contributed by atoms with Gasteiger partial charge in [0.1, 0.15) is 17.3 Å². The number of hydrogen-bond donors (Lipinski definition) is 1. The number of fused-ring (bicyclic) bond motifs is 1. The van der Waals surface area contributed by atoms with Crippen LogP contribution in [0.5, 0.6) is 0 Å². The number of carbonyl (C=O) groups excluding carboxylic acids is 1. The number of rotatable bonds is 2. The molecule has 0 saturated heterocycles. The summed E-state index contributed by atoms with van der Waals surface area (Å²) in [6.07, 6.45) is 0. The van der Waals surface area contributed by atoms with Gasteiger partial charge in [-0.15, -0.1) is 0 Å². The predicted octanol–water partition coefficient (Wildman–Crippen LogP) is 2.63. The van der Waals surface area contributed by atoms with Crippen LogP contribution < -0.4 is 9.62 Å². The van der Waals surface area contributed by atoms with Crippen molar-refractivity contribution in [2.24, 2.45) is 0 Å². The highest BCUT2D eigenvalue weighted by molar-refractivity contribution is 7.93. The van der Waals surface area contributed by atoms with Crippen LogP contribution in [0.2, 0.25) is 5.02 Å². The SMILES string of the molecule is O=C1CN(S(=O)(=O)c2ccc(Cl)cc2F)c2ccccc2N1. The van der Waals surface area contributed by atoms with Crippen LogP contribution >= 0.6 is 11.6 Å². The van der Waals surface area contributed by atoms with Gasteiger partial charge in [0.25, 0.3) is 10.0 Å². The smallest absolute Gasteiger partial charge is 0.267 e. The highest BCUT2D eigenvalue weighted by Gasteiger charge is 2.33. The Morgan fingerprint density at radius 1 is 1.18 bits per heavy atom. The highest BCUT2D eigenvalue weighted by atomic mass is 35.5. The molecular formula is C14H10ClFN2O3S. The molecule has 0 unspecified atom stereocenters. The standard InChI is InChI=1S/C14H10ClFN2O3S/c15-9-5-6-13(10(16)7-9)22(20,21)18-8-14(19)17-11-3-1-2-4-12(11)18/h1-7H,8H2,(H,17,19). The van der Waals surface area contributed by atoms with Crippen LogP contribution in [0, 0.1) is 5.82 Å². The van der Waals surface area contributed by atoms with Gasteiger partial charge in [-0.05, 0) is 30.3 Å². The number of carbonyl (C=O) groups is 1. The van der Waals surface area contributed by atoms with Crippen LogP contribution in [-0.2, 0) is 14.8 Å². The van der Waals surface area contributed by atoms with Crippen LogP contribution in [-0.4, -0.2) is 20.9 Å². The predicted molar refractivity (Wildman–Crippen MR) is 81.0 cm³/mol. The molecule has 0 spiro atoms. The molecule has 22 heavy (non-hydrogen) atoms.